The summed E-state index contributed by atoms with van der Waals surface area (Å²) in [7, 11) is 0. The van der Waals surface area contributed by atoms with Crippen LogP contribution in [0.15, 0.2) is 36.4 Å². The quantitative estimate of drug-likeness (QED) is 0.760. The molecule has 1 aliphatic rings. The molecular formula is C17H14ClN3O3. The molecule has 0 saturated carbocycles. The molecule has 3 aromatic rings. The number of nitrogens with one attached hydrogen (secondary N) is 2. The Balaban J connectivity index is 1.41. The second-order valence-electron chi connectivity index (χ2n) is 5.43. The second-order valence-corrected chi connectivity index (χ2v) is 5.84. The van der Waals surface area contributed by atoms with Crippen LogP contribution in [0.5, 0.6) is 11.5 Å². The van der Waals surface area contributed by atoms with E-state index >= 15 is 0 Å². The van der Waals surface area contributed by atoms with E-state index in [9.17, 15) is 4.79 Å². The van der Waals surface area contributed by atoms with Crippen LogP contribution < -0.4 is 14.8 Å². The van der Waals surface area contributed by atoms with Gasteiger partial charge < -0.3 is 19.8 Å². The number of aromatic nitrogens is 2. The zero-order chi connectivity index (χ0) is 16.5. The lowest BCUT2D eigenvalue weighted by Gasteiger charge is -2.08. The third kappa shape index (κ3) is 2.88. The lowest BCUT2D eigenvalue weighted by atomic mass is 10.2. The second kappa shape index (κ2) is 6.05. The molecule has 1 aromatic heterocycles. The van der Waals surface area contributed by atoms with Gasteiger partial charge in [-0.1, -0.05) is 23.7 Å². The normalized spacial score (nSPS) is 12.5. The standard InChI is InChI=1S/C17H14ClN3O3/c18-10-7-14-15(24-9-23-14)8-13(10)21-17(22)6-5-16-19-11-3-1-2-4-12(11)20-16/h1-4,7-8H,5-6,9H2,(H,19,20)(H,21,22). The van der Waals surface area contributed by atoms with Gasteiger partial charge in [0.1, 0.15) is 5.82 Å². The molecule has 0 spiro atoms. The molecule has 2 aromatic carbocycles. The molecule has 0 fully saturated rings. The summed E-state index contributed by atoms with van der Waals surface area (Å²) >= 11 is 6.15. The fraction of sp³-hybridized carbons (Fsp3) is 0.176. The molecule has 0 unspecified atom stereocenters. The number of rotatable bonds is 4. The molecule has 6 nitrogen and oxygen atoms in total. The van der Waals surface area contributed by atoms with Crippen LogP contribution in [-0.4, -0.2) is 22.7 Å². The van der Waals surface area contributed by atoms with E-state index in [1.807, 2.05) is 24.3 Å². The molecule has 122 valence electrons. The third-order valence-corrected chi connectivity index (χ3v) is 4.08. The molecule has 7 heteroatoms. The van der Waals surface area contributed by atoms with Gasteiger partial charge in [0, 0.05) is 25.0 Å². The van der Waals surface area contributed by atoms with Crippen molar-refractivity contribution >= 4 is 34.2 Å². The summed E-state index contributed by atoms with van der Waals surface area (Å²) in [6.07, 6.45) is 0.813. The van der Waals surface area contributed by atoms with E-state index in [1.54, 1.807) is 12.1 Å². The van der Waals surface area contributed by atoms with Crippen LogP contribution in [0.1, 0.15) is 12.2 Å². The number of ether oxygens (including phenoxy) is 2. The average molecular weight is 344 g/mol. The molecule has 0 bridgehead atoms. The lowest BCUT2D eigenvalue weighted by molar-refractivity contribution is -0.116. The minimum absolute atomic E-state index is 0.142. The molecule has 0 aliphatic carbocycles. The smallest absolute Gasteiger partial charge is 0.231 e. The third-order valence-electron chi connectivity index (χ3n) is 3.76. The summed E-state index contributed by atoms with van der Waals surface area (Å²) in [5, 5.41) is 3.21. The van der Waals surface area contributed by atoms with Gasteiger partial charge in [-0.15, -0.1) is 0 Å². The Morgan fingerprint density at radius 2 is 2.04 bits per heavy atom. The summed E-state index contributed by atoms with van der Waals surface area (Å²) in [5.74, 6) is 1.80. The van der Waals surface area contributed by atoms with Gasteiger partial charge in [-0.05, 0) is 12.1 Å². The minimum atomic E-state index is -0.142. The first-order chi connectivity index (χ1) is 11.7. The van der Waals surface area contributed by atoms with Crippen molar-refractivity contribution in [1.82, 2.24) is 9.97 Å². The van der Waals surface area contributed by atoms with E-state index in [4.69, 9.17) is 21.1 Å². The Morgan fingerprint density at radius 3 is 2.88 bits per heavy atom. The SMILES string of the molecule is O=C(CCc1nc2ccccc2[nH]1)Nc1cc2c(cc1Cl)OCO2. The summed E-state index contributed by atoms with van der Waals surface area (Å²) < 4.78 is 10.5. The number of nitrogens with zero attached hydrogens (tertiary/aromatic N) is 1. The monoisotopic (exact) mass is 343 g/mol. The first kappa shape index (κ1) is 14.8. The summed E-state index contributed by atoms with van der Waals surface area (Å²) in [4.78, 5) is 19.8. The van der Waals surface area contributed by atoms with Crippen LogP contribution in [0.4, 0.5) is 5.69 Å². The first-order valence-corrected chi connectivity index (χ1v) is 7.89. The van der Waals surface area contributed by atoms with E-state index in [2.05, 4.69) is 15.3 Å². The van der Waals surface area contributed by atoms with Crippen molar-refractivity contribution in [3.63, 3.8) is 0 Å². The Bertz CT molecular complexity index is 890. The van der Waals surface area contributed by atoms with Crippen molar-refractivity contribution in [2.75, 3.05) is 12.1 Å². The van der Waals surface area contributed by atoms with Gasteiger partial charge in [-0.3, -0.25) is 4.79 Å². The number of H-pyrrole nitrogens is 1. The molecule has 1 aliphatic heterocycles. The van der Waals surface area contributed by atoms with E-state index < -0.39 is 0 Å². The highest BCUT2D eigenvalue weighted by Crippen LogP contribution is 2.39. The minimum Gasteiger partial charge on any atom is -0.454 e. The van der Waals surface area contributed by atoms with Gasteiger partial charge in [-0.2, -0.15) is 0 Å². The first-order valence-electron chi connectivity index (χ1n) is 7.52. The molecule has 1 amide bonds. The molecular weight excluding hydrogens is 330 g/mol. The van der Waals surface area contributed by atoms with Gasteiger partial charge in [0.05, 0.1) is 21.7 Å². The number of anilines is 1. The average Bonchev–Trinajstić information content (AvgIpc) is 3.19. The van der Waals surface area contributed by atoms with E-state index in [1.165, 1.54) is 0 Å². The number of aryl methyl sites for hydroxylation is 1. The van der Waals surface area contributed by atoms with Gasteiger partial charge in [0.25, 0.3) is 0 Å². The number of carbonyl (C=O) groups is 1. The van der Waals surface area contributed by atoms with E-state index in [0.717, 1.165) is 16.9 Å². The van der Waals surface area contributed by atoms with Crippen LogP contribution in [0, 0.1) is 0 Å². The van der Waals surface area contributed by atoms with Gasteiger partial charge in [-0.25, -0.2) is 4.98 Å². The fourth-order valence-electron chi connectivity index (χ4n) is 2.58. The van der Waals surface area contributed by atoms with Crippen LogP contribution in [-0.2, 0) is 11.2 Å². The van der Waals surface area contributed by atoms with Crippen LogP contribution in [0.2, 0.25) is 5.02 Å². The van der Waals surface area contributed by atoms with Crippen LogP contribution >= 0.6 is 11.6 Å². The van der Waals surface area contributed by atoms with E-state index in [0.29, 0.717) is 35.1 Å². The Morgan fingerprint density at radius 1 is 1.25 bits per heavy atom. The predicted molar refractivity (Wildman–Crippen MR) is 90.6 cm³/mol. The van der Waals surface area contributed by atoms with Crippen molar-refractivity contribution in [3.8, 4) is 11.5 Å². The predicted octanol–water partition coefficient (Wildman–Crippen LogP) is 3.52. The number of benzene rings is 2. The highest BCUT2D eigenvalue weighted by atomic mass is 35.5. The van der Waals surface area contributed by atoms with Gasteiger partial charge >= 0.3 is 0 Å². The lowest BCUT2D eigenvalue weighted by Crippen LogP contribution is -2.13. The number of para-hydroxylation sites is 2. The van der Waals surface area contributed by atoms with Crippen molar-refractivity contribution < 1.29 is 14.3 Å². The fourth-order valence-corrected chi connectivity index (χ4v) is 2.78. The van der Waals surface area contributed by atoms with Crippen molar-refractivity contribution in [2.24, 2.45) is 0 Å². The zero-order valence-electron chi connectivity index (χ0n) is 12.6. The topological polar surface area (TPSA) is 76.2 Å². The Hall–Kier alpha value is -2.73. The molecule has 2 N–H and O–H groups in total. The maximum Gasteiger partial charge on any atom is 0.231 e. The van der Waals surface area contributed by atoms with Crippen molar-refractivity contribution in [2.45, 2.75) is 12.8 Å². The van der Waals surface area contributed by atoms with Crippen molar-refractivity contribution in [3.05, 3.63) is 47.2 Å². The maximum atomic E-state index is 12.2. The van der Waals surface area contributed by atoms with Gasteiger partial charge in [0.2, 0.25) is 12.7 Å². The highest BCUT2D eigenvalue weighted by Gasteiger charge is 2.17. The van der Waals surface area contributed by atoms with Gasteiger partial charge in [0.15, 0.2) is 11.5 Å². The Kier molecular flexibility index (Phi) is 3.74. The number of aromatic amines is 1. The number of fused-ring (bicyclic) bond motifs is 2. The molecule has 0 atom stereocenters. The van der Waals surface area contributed by atoms with Crippen LogP contribution in [0.3, 0.4) is 0 Å². The van der Waals surface area contributed by atoms with E-state index in [-0.39, 0.29) is 12.7 Å². The number of imidazole rings is 1. The highest BCUT2D eigenvalue weighted by molar-refractivity contribution is 6.34. The molecule has 0 radical (unpaired) electrons. The molecule has 2 heterocycles. The number of hydrogen-bond acceptors (Lipinski definition) is 4. The molecule has 4 rings (SSSR count). The number of hydrogen-bond donors (Lipinski definition) is 2. The Labute approximate surface area is 142 Å². The largest absolute Gasteiger partial charge is 0.454 e. The number of carbonyl (C=O) groups excluding carboxylic acids is 1. The summed E-state index contributed by atoms with van der Waals surface area (Å²) in [6, 6.07) is 11.1. The van der Waals surface area contributed by atoms with Crippen molar-refractivity contribution in [1.29, 1.82) is 0 Å². The molecule has 24 heavy (non-hydrogen) atoms. The zero-order valence-corrected chi connectivity index (χ0v) is 13.4. The number of halogens is 1. The number of amides is 1. The van der Waals surface area contributed by atoms with Crippen LogP contribution in [0.25, 0.3) is 11.0 Å². The summed E-state index contributed by atoms with van der Waals surface area (Å²) in [5.41, 5.74) is 2.37. The maximum absolute atomic E-state index is 12.2. The molecule has 0 saturated heterocycles. The summed E-state index contributed by atoms with van der Waals surface area (Å²) in [6.45, 7) is 0.162.